The van der Waals surface area contributed by atoms with Crippen LogP contribution in [0.5, 0.6) is 0 Å². The topological polar surface area (TPSA) is 52.6 Å². The van der Waals surface area contributed by atoms with Crippen LogP contribution in [0, 0.1) is 6.92 Å². The highest BCUT2D eigenvalue weighted by Gasteiger charge is 2.02. The van der Waals surface area contributed by atoms with Gasteiger partial charge in [-0.25, -0.2) is 4.98 Å². The lowest BCUT2D eigenvalue weighted by molar-refractivity contribution is 0.331. The van der Waals surface area contributed by atoms with Crippen LogP contribution in [0.3, 0.4) is 0 Å². The number of halogens is 1. The second-order valence-corrected chi connectivity index (χ2v) is 6.82. The first-order chi connectivity index (χ1) is 11.7. The number of thiazole rings is 1. The predicted molar refractivity (Wildman–Crippen MR) is 118 cm³/mol. The molecule has 25 heavy (non-hydrogen) atoms. The number of aryl methyl sites for hydroxylation is 1. The summed E-state index contributed by atoms with van der Waals surface area (Å²) in [6.45, 7) is 5.65. The third-order valence-corrected chi connectivity index (χ3v) is 4.47. The summed E-state index contributed by atoms with van der Waals surface area (Å²) < 4.78 is 0. The Morgan fingerprint density at radius 1 is 1.20 bits per heavy atom. The van der Waals surface area contributed by atoms with E-state index < -0.39 is 0 Å². The van der Waals surface area contributed by atoms with Gasteiger partial charge >= 0.3 is 0 Å². The van der Waals surface area contributed by atoms with Crippen molar-refractivity contribution in [3.05, 3.63) is 52.0 Å². The number of aliphatic imine (C=N–C) groups is 1. The van der Waals surface area contributed by atoms with Crippen LogP contribution < -0.4 is 10.6 Å². The normalized spacial score (nSPS) is 11.3. The van der Waals surface area contributed by atoms with Crippen molar-refractivity contribution in [1.29, 1.82) is 0 Å². The number of likely N-dealkylation sites (N-methyl/N-ethyl adjacent to an activating group) is 1. The van der Waals surface area contributed by atoms with Gasteiger partial charge < -0.3 is 15.5 Å². The van der Waals surface area contributed by atoms with E-state index in [9.17, 15) is 0 Å². The van der Waals surface area contributed by atoms with Gasteiger partial charge in [-0.2, -0.15) is 0 Å². The molecule has 2 N–H and O–H groups in total. The van der Waals surface area contributed by atoms with E-state index in [1.54, 1.807) is 18.4 Å². The fourth-order valence-corrected chi connectivity index (χ4v) is 3.04. The molecule has 0 atom stereocenters. The van der Waals surface area contributed by atoms with Gasteiger partial charge in [-0.3, -0.25) is 4.99 Å². The van der Waals surface area contributed by atoms with E-state index in [-0.39, 0.29) is 24.0 Å². The molecule has 1 aromatic carbocycles. The predicted octanol–water partition coefficient (Wildman–Crippen LogP) is 2.91. The van der Waals surface area contributed by atoms with E-state index in [0.29, 0.717) is 0 Å². The quantitative estimate of drug-likeness (QED) is 0.352. The minimum Gasteiger partial charge on any atom is -0.356 e. The van der Waals surface area contributed by atoms with Gasteiger partial charge in [0.15, 0.2) is 5.96 Å². The number of rotatable bonds is 8. The average Bonchev–Trinajstić information content (AvgIpc) is 2.99. The van der Waals surface area contributed by atoms with Crippen LogP contribution >= 0.6 is 35.3 Å². The lowest BCUT2D eigenvalue weighted by Gasteiger charge is -2.18. The Hall–Kier alpha value is -1.19. The third kappa shape index (κ3) is 8.64. The molecular weight excluding hydrogens is 445 g/mol. The van der Waals surface area contributed by atoms with Crippen LogP contribution in [0.1, 0.15) is 16.3 Å². The molecular formula is C18H28IN5S. The average molecular weight is 473 g/mol. The van der Waals surface area contributed by atoms with Gasteiger partial charge in [-0.05, 0) is 19.5 Å². The molecule has 2 rings (SSSR count). The molecule has 1 aromatic heterocycles. The summed E-state index contributed by atoms with van der Waals surface area (Å²) in [6, 6.07) is 10.5. The second-order valence-electron chi connectivity index (χ2n) is 5.76. The molecule has 0 radical (unpaired) electrons. The minimum absolute atomic E-state index is 0. The molecule has 0 fully saturated rings. The number of nitrogens with one attached hydrogen (secondary N) is 2. The molecule has 0 saturated heterocycles. The molecule has 0 unspecified atom stereocenters. The molecule has 7 heteroatoms. The zero-order chi connectivity index (χ0) is 17.2. The van der Waals surface area contributed by atoms with E-state index in [0.717, 1.165) is 49.3 Å². The number of hydrogen-bond donors (Lipinski definition) is 2. The maximum absolute atomic E-state index is 4.47. The van der Waals surface area contributed by atoms with Crippen molar-refractivity contribution in [2.24, 2.45) is 4.99 Å². The highest BCUT2D eigenvalue weighted by atomic mass is 127. The van der Waals surface area contributed by atoms with Crippen LogP contribution in [0.25, 0.3) is 0 Å². The first-order valence-electron chi connectivity index (χ1n) is 8.25. The van der Waals surface area contributed by atoms with Crippen LogP contribution in [-0.4, -0.2) is 49.6 Å². The molecule has 0 spiro atoms. The molecule has 0 aliphatic carbocycles. The van der Waals surface area contributed by atoms with E-state index in [1.165, 1.54) is 5.56 Å². The standard InChI is InChI=1S/C18H27N5S.HI/c1-15-22-17(14-24-15)9-10-20-18(19-2)21-11-12-23(3)13-16-7-5-4-6-8-16;/h4-8,14H,9-13H2,1-3H3,(H2,19,20,21);1H. The second kappa shape index (κ2) is 12.2. The van der Waals surface area contributed by atoms with Gasteiger partial charge in [0, 0.05) is 45.0 Å². The van der Waals surface area contributed by atoms with Crippen molar-refractivity contribution in [2.75, 3.05) is 33.7 Å². The van der Waals surface area contributed by atoms with E-state index >= 15 is 0 Å². The molecule has 0 aliphatic rings. The minimum atomic E-state index is 0. The van der Waals surface area contributed by atoms with Gasteiger partial charge in [0.2, 0.25) is 0 Å². The van der Waals surface area contributed by atoms with Crippen LogP contribution in [0.4, 0.5) is 0 Å². The number of guanidine groups is 1. The van der Waals surface area contributed by atoms with Gasteiger partial charge in [0.25, 0.3) is 0 Å². The van der Waals surface area contributed by atoms with Crippen LogP contribution in [0.15, 0.2) is 40.7 Å². The molecule has 138 valence electrons. The Labute approximate surface area is 172 Å². The van der Waals surface area contributed by atoms with Crippen molar-refractivity contribution in [2.45, 2.75) is 19.9 Å². The Balaban J connectivity index is 0.00000312. The number of nitrogens with zero attached hydrogens (tertiary/aromatic N) is 3. The SMILES string of the molecule is CN=C(NCCc1csc(C)n1)NCCN(C)Cc1ccccc1.I. The zero-order valence-electron chi connectivity index (χ0n) is 15.2. The summed E-state index contributed by atoms with van der Waals surface area (Å²) >= 11 is 1.70. The maximum atomic E-state index is 4.47. The van der Waals surface area contributed by atoms with Crippen molar-refractivity contribution in [3.8, 4) is 0 Å². The summed E-state index contributed by atoms with van der Waals surface area (Å²) in [6.07, 6.45) is 0.916. The largest absolute Gasteiger partial charge is 0.356 e. The Kier molecular flexibility index (Phi) is 10.7. The van der Waals surface area contributed by atoms with Gasteiger partial charge in [0.05, 0.1) is 10.7 Å². The molecule has 0 bridgehead atoms. The van der Waals surface area contributed by atoms with Crippen LogP contribution in [0.2, 0.25) is 0 Å². The highest BCUT2D eigenvalue weighted by molar-refractivity contribution is 14.0. The van der Waals surface area contributed by atoms with Crippen molar-refractivity contribution >= 4 is 41.3 Å². The summed E-state index contributed by atoms with van der Waals surface area (Å²) in [5.74, 6) is 0.843. The van der Waals surface area contributed by atoms with Gasteiger partial charge in [-0.15, -0.1) is 35.3 Å². The fraction of sp³-hybridized carbons (Fsp3) is 0.444. The maximum Gasteiger partial charge on any atom is 0.191 e. The third-order valence-electron chi connectivity index (χ3n) is 3.65. The van der Waals surface area contributed by atoms with Gasteiger partial charge in [0.1, 0.15) is 0 Å². The zero-order valence-corrected chi connectivity index (χ0v) is 18.3. The number of aromatic nitrogens is 1. The van der Waals surface area contributed by atoms with Crippen molar-refractivity contribution in [3.63, 3.8) is 0 Å². The Bertz CT molecular complexity index is 629. The lowest BCUT2D eigenvalue weighted by atomic mass is 10.2. The van der Waals surface area contributed by atoms with E-state index in [2.05, 4.69) is 62.2 Å². The van der Waals surface area contributed by atoms with E-state index in [1.807, 2.05) is 13.0 Å². The Morgan fingerprint density at radius 2 is 1.92 bits per heavy atom. The number of hydrogen-bond acceptors (Lipinski definition) is 4. The molecule has 0 saturated carbocycles. The smallest absolute Gasteiger partial charge is 0.191 e. The molecule has 2 aromatic rings. The highest BCUT2D eigenvalue weighted by Crippen LogP contribution is 2.07. The first-order valence-corrected chi connectivity index (χ1v) is 9.13. The summed E-state index contributed by atoms with van der Waals surface area (Å²) in [5.41, 5.74) is 2.48. The summed E-state index contributed by atoms with van der Waals surface area (Å²) in [4.78, 5) is 11.0. The fourth-order valence-electron chi connectivity index (χ4n) is 2.39. The molecule has 1 heterocycles. The summed E-state index contributed by atoms with van der Waals surface area (Å²) in [5, 5.41) is 9.93. The molecule has 0 aliphatic heterocycles. The van der Waals surface area contributed by atoms with Crippen molar-refractivity contribution in [1.82, 2.24) is 20.5 Å². The Morgan fingerprint density at radius 3 is 2.56 bits per heavy atom. The number of benzene rings is 1. The van der Waals surface area contributed by atoms with Gasteiger partial charge in [-0.1, -0.05) is 30.3 Å². The van der Waals surface area contributed by atoms with Crippen molar-refractivity contribution < 1.29 is 0 Å². The lowest BCUT2D eigenvalue weighted by Crippen LogP contribution is -2.41. The van der Waals surface area contributed by atoms with Crippen LogP contribution in [-0.2, 0) is 13.0 Å². The first kappa shape index (κ1) is 21.9. The van der Waals surface area contributed by atoms with E-state index in [4.69, 9.17) is 0 Å². The monoisotopic (exact) mass is 473 g/mol. The summed E-state index contributed by atoms with van der Waals surface area (Å²) in [7, 11) is 3.94. The molecule has 0 amide bonds. The molecule has 5 nitrogen and oxygen atoms in total.